The van der Waals surface area contributed by atoms with Crippen LogP contribution in [-0.4, -0.2) is 15.1 Å². The molecule has 0 fully saturated rings. The van der Waals surface area contributed by atoms with Gasteiger partial charge in [-0.15, -0.1) is 0 Å². The molecule has 1 heterocycles. The minimum atomic E-state index is -0.215. The standard InChI is InChI=1S/C8H11B2O/c1-8(2,9)10-6-7-4-3-5-11-7/h3-5H,6H2,1-2H3. The smallest absolute Gasteiger partial charge is 0.116 e. The first-order chi connectivity index (χ1) is 5.08. The van der Waals surface area contributed by atoms with Gasteiger partial charge in [-0.05, 0) is 18.5 Å². The van der Waals surface area contributed by atoms with Gasteiger partial charge in [0.2, 0.25) is 0 Å². The fraction of sp³-hybridized carbons (Fsp3) is 0.500. The molecule has 0 atom stereocenters. The second-order valence-electron chi connectivity index (χ2n) is 3.31. The summed E-state index contributed by atoms with van der Waals surface area (Å²) in [7, 11) is 7.79. The van der Waals surface area contributed by atoms with Crippen LogP contribution in [-0.2, 0) is 6.32 Å². The molecule has 3 radical (unpaired) electrons. The summed E-state index contributed by atoms with van der Waals surface area (Å²) < 4.78 is 5.14. The summed E-state index contributed by atoms with van der Waals surface area (Å²) in [5.41, 5.74) is 0. The van der Waals surface area contributed by atoms with Crippen molar-refractivity contribution >= 4 is 15.1 Å². The third kappa shape index (κ3) is 3.35. The van der Waals surface area contributed by atoms with Crippen molar-refractivity contribution in [3.05, 3.63) is 24.2 Å². The van der Waals surface area contributed by atoms with E-state index in [-0.39, 0.29) is 5.21 Å². The minimum absolute atomic E-state index is 0.215. The molecule has 0 spiro atoms. The molecule has 3 heteroatoms. The lowest BCUT2D eigenvalue weighted by atomic mass is 9.43. The van der Waals surface area contributed by atoms with Crippen molar-refractivity contribution in [2.75, 3.05) is 0 Å². The molecule has 0 aliphatic carbocycles. The molecule has 0 N–H and O–H groups in total. The monoisotopic (exact) mass is 145 g/mol. The van der Waals surface area contributed by atoms with Crippen molar-refractivity contribution in [3.8, 4) is 0 Å². The zero-order valence-corrected chi connectivity index (χ0v) is 7.00. The topological polar surface area (TPSA) is 13.1 Å². The first-order valence-corrected chi connectivity index (χ1v) is 3.73. The third-order valence-electron chi connectivity index (χ3n) is 1.41. The molecule has 0 aliphatic heterocycles. The molecule has 0 amide bonds. The lowest BCUT2D eigenvalue weighted by molar-refractivity contribution is 0.527. The number of rotatable bonds is 3. The SMILES string of the molecule is [B]C(C)(C)[B]Cc1ccco1. The van der Waals surface area contributed by atoms with Gasteiger partial charge in [-0.25, -0.2) is 0 Å². The van der Waals surface area contributed by atoms with Crippen LogP contribution in [0.5, 0.6) is 0 Å². The molecule has 11 heavy (non-hydrogen) atoms. The normalized spacial score (nSPS) is 11.5. The Bertz CT molecular complexity index is 198. The largest absolute Gasteiger partial charge is 0.470 e. The second kappa shape index (κ2) is 3.21. The molecule has 0 saturated carbocycles. The summed E-state index contributed by atoms with van der Waals surface area (Å²) in [6, 6.07) is 3.83. The number of hydrogen-bond donors (Lipinski definition) is 0. The van der Waals surface area contributed by atoms with Crippen molar-refractivity contribution in [2.45, 2.75) is 25.4 Å². The van der Waals surface area contributed by atoms with Crippen LogP contribution in [0.1, 0.15) is 19.6 Å². The van der Waals surface area contributed by atoms with E-state index in [1.165, 1.54) is 0 Å². The first-order valence-electron chi connectivity index (χ1n) is 3.73. The van der Waals surface area contributed by atoms with Gasteiger partial charge in [0.1, 0.15) is 7.28 Å². The third-order valence-corrected chi connectivity index (χ3v) is 1.41. The molecule has 1 aromatic rings. The molecule has 0 bridgehead atoms. The average Bonchev–Trinajstić information content (AvgIpc) is 2.32. The summed E-state index contributed by atoms with van der Waals surface area (Å²) in [6.45, 7) is 3.94. The maximum absolute atomic E-state index is 5.75. The van der Waals surface area contributed by atoms with E-state index in [0.29, 0.717) is 0 Å². The van der Waals surface area contributed by atoms with E-state index in [1.54, 1.807) is 6.26 Å². The molecule has 1 rings (SSSR count). The Morgan fingerprint density at radius 1 is 1.64 bits per heavy atom. The van der Waals surface area contributed by atoms with E-state index in [9.17, 15) is 0 Å². The Morgan fingerprint density at radius 3 is 2.82 bits per heavy atom. The molecule has 55 valence electrons. The van der Waals surface area contributed by atoms with Gasteiger partial charge in [0, 0.05) is 0 Å². The highest BCUT2D eigenvalue weighted by Crippen LogP contribution is 2.17. The predicted octanol–water partition coefficient (Wildman–Crippen LogP) is 1.81. The van der Waals surface area contributed by atoms with Crippen LogP contribution in [0.3, 0.4) is 0 Å². The van der Waals surface area contributed by atoms with Gasteiger partial charge in [0.15, 0.2) is 0 Å². The van der Waals surface area contributed by atoms with Crippen LogP contribution < -0.4 is 0 Å². The quantitative estimate of drug-likeness (QED) is 0.590. The second-order valence-corrected chi connectivity index (χ2v) is 3.31. The van der Waals surface area contributed by atoms with Crippen LogP contribution in [0.4, 0.5) is 0 Å². The Morgan fingerprint density at radius 2 is 2.36 bits per heavy atom. The van der Waals surface area contributed by atoms with Gasteiger partial charge in [-0.2, -0.15) is 0 Å². The van der Waals surface area contributed by atoms with Gasteiger partial charge < -0.3 is 4.42 Å². The summed E-state index contributed by atoms with van der Waals surface area (Å²) in [5, 5.41) is -0.215. The van der Waals surface area contributed by atoms with E-state index in [1.807, 2.05) is 33.3 Å². The van der Waals surface area contributed by atoms with Crippen LogP contribution in [0, 0.1) is 0 Å². The fourth-order valence-electron chi connectivity index (χ4n) is 0.792. The van der Waals surface area contributed by atoms with Crippen LogP contribution >= 0.6 is 0 Å². The molecule has 0 saturated heterocycles. The highest BCUT2D eigenvalue weighted by molar-refractivity contribution is 6.52. The van der Waals surface area contributed by atoms with Gasteiger partial charge in [-0.3, -0.25) is 0 Å². The fourth-order valence-corrected chi connectivity index (χ4v) is 0.792. The van der Waals surface area contributed by atoms with Crippen LogP contribution in [0.2, 0.25) is 5.21 Å². The number of hydrogen-bond acceptors (Lipinski definition) is 1. The van der Waals surface area contributed by atoms with Gasteiger partial charge in [-0.1, -0.05) is 19.1 Å². The van der Waals surface area contributed by atoms with E-state index in [2.05, 4.69) is 0 Å². The van der Waals surface area contributed by atoms with Crippen molar-refractivity contribution < 1.29 is 4.42 Å². The molecular formula is C8H11B2O. The van der Waals surface area contributed by atoms with Gasteiger partial charge in [0.05, 0.1) is 19.9 Å². The Labute approximate surface area is 69.8 Å². The zero-order chi connectivity index (χ0) is 8.32. The van der Waals surface area contributed by atoms with E-state index in [4.69, 9.17) is 12.3 Å². The van der Waals surface area contributed by atoms with Crippen molar-refractivity contribution in [3.63, 3.8) is 0 Å². The minimum Gasteiger partial charge on any atom is -0.470 e. The maximum Gasteiger partial charge on any atom is 0.116 e. The number of furan rings is 1. The molecular weight excluding hydrogens is 134 g/mol. The molecule has 0 aromatic carbocycles. The first kappa shape index (κ1) is 8.51. The highest BCUT2D eigenvalue weighted by atomic mass is 16.3. The van der Waals surface area contributed by atoms with E-state index < -0.39 is 0 Å². The Balaban J connectivity index is 2.35. The Hall–Kier alpha value is -0.590. The van der Waals surface area contributed by atoms with Gasteiger partial charge >= 0.3 is 0 Å². The van der Waals surface area contributed by atoms with E-state index >= 15 is 0 Å². The van der Waals surface area contributed by atoms with E-state index in [0.717, 1.165) is 12.1 Å². The molecule has 0 aliphatic rings. The van der Waals surface area contributed by atoms with Gasteiger partial charge in [0.25, 0.3) is 0 Å². The molecule has 1 aromatic heterocycles. The zero-order valence-electron chi connectivity index (χ0n) is 7.00. The van der Waals surface area contributed by atoms with Crippen molar-refractivity contribution in [1.82, 2.24) is 0 Å². The summed E-state index contributed by atoms with van der Waals surface area (Å²) >= 11 is 0. The summed E-state index contributed by atoms with van der Waals surface area (Å²) in [4.78, 5) is 0. The lowest BCUT2D eigenvalue weighted by Gasteiger charge is -2.15. The van der Waals surface area contributed by atoms with Crippen LogP contribution in [0.25, 0.3) is 0 Å². The predicted molar refractivity (Wildman–Crippen MR) is 48.0 cm³/mol. The van der Waals surface area contributed by atoms with Crippen LogP contribution in [0.15, 0.2) is 22.8 Å². The lowest BCUT2D eigenvalue weighted by Crippen LogP contribution is -2.14. The Kier molecular flexibility index (Phi) is 2.48. The molecule has 1 nitrogen and oxygen atoms in total. The van der Waals surface area contributed by atoms with Crippen molar-refractivity contribution in [1.29, 1.82) is 0 Å². The van der Waals surface area contributed by atoms with Crippen molar-refractivity contribution in [2.24, 2.45) is 0 Å². The summed E-state index contributed by atoms with van der Waals surface area (Å²) in [6.07, 6.45) is 2.48. The highest BCUT2D eigenvalue weighted by Gasteiger charge is 2.11. The summed E-state index contributed by atoms with van der Waals surface area (Å²) in [5.74, 6) is 0.962. The average molecular weight is 145 g/mol. The molecule has 0 unspecified atom stereocenters. The maximum atomic E-state index is 5.75.